The van der Waals surface area contributed by atoms with Crippen LogP contribution in [-0.2, 0) is 58.2 Å². The second-order valence-electron chi connectivity index (χ2n) is 40.1. The summed E-state index contributed by atoms with van der Waals surface area (Å²) in [6.07, 6.45) is 8.82. The first-order valence-electron chi connectivity index (χ1n) is 51.2. The van der Waals surface area contributed by atoms with Crippen LogP contribution in [0.3, 0.4) is 0 Å². The number of fused-ring (bicyclic) bond motifs is 4. The third kappa shape index (κ3) is 25.2. The van der Waals surface area contributed by atoms with Crippen LogP contribution in [0.25, 0.3) is 32.7 Å². The van der Waals surface area contributed by atoms with Crippen LogP contribution in [0.15, 0.2) is 194 Å². The Bertz CT molecular complexity index is 6090. The lowest BCUT2D eigenvalue weighted by Gasteiger charge is -2.34. The summed E-state index contributed by atoms with van der Waals surface area (Å²) in [5.41, 5.74) is 25.7. The third-order valence-corrected chi connectivity index (χ3v) is 30.9. The van der Waals surface area contributed by atoms with Crippen LogP contribution in [0, 0.1) is 47.4 Å². The highest BCUT2D eigenvalue weighted by Gasteiger charge is 2.29. The van der Waals surface area contributed by atoms with Gasteiger partial charge in [-0.2, -0.15) is 0 Å². The number of amides is 3. The van der Waals surface area contributed by atoms with E-state index in [4.69, 9.17) is 14.2 Å². The fourth-order valence-electron chi connectivity index (χ4n) is 21.5. The molecule has 0 N–H and O–H groups in total. The summed E-state index contributed by atoms with van der Waals surface area (Å²) < 4.78 is 37.0. The van der Waals surface area contributed by atoms with Crippen LogP contribution < -0.4 is 14.2 Å². The first-order valence-corrected chi connectivity index (χ1v) is 51.2. The van der Waals surface area contributed by atoms with Gasteiger partial charge in [0.15, 0.2) is 11.5 Å². The van der Waals surface area contributed by atoms with Gasteiger partial charge in [0.1, 0.15) is 11.6 Å². The van der Waals surface area contributed by atoms with E-state index in [1.54, 1.807) is 7.11 Å². The molecule has 0 atom stereocenters. The average molecular weight is 1870 g/mol. The van der Waals surface area contributed by atoms with E-state index in [1.165, 1.54) is 227 Å². The van der Waals surface area contributed by atoms with E-state index in [0.717, 1.165) is 209 Å². The number of benzene rings is 9. The van der Waals surface area contributed by atoms with Crippen molar-refractivity contribution in [1.29, 1.82) is 0 Å². The highest BCUT2D eigenvalue weighted by Crippen LogP contribution is 2.35. The number of nitrogens with zero attached hydrogens (tertiary/aromatic N) is 15. The van der Waals surface area contributed by atoms with E-state index in [1.807, 2.05) is 81.4 Å². The van der Waals surface area contributed by atoms with Gasteiger partial charge in [0.2, 0.25) is 6.79 Å². The van der Waals surface area contributed by atoms with E-state index in [2.05, 4.69) is 236 Å². The van der Waals surface area contributed by atoms with Crippen LogP contribution in [0.1, 0.15) is 134 Å². The fraction of sp³-hybridized carbons (Fsp3) is 0.457. The Morgan fingerprint density at radius 1 is 0.297 bits per heavy atom. The number of carbonyl (C=O) groups is 3. The Kier molecular flexibility index (Phi) is 33.5. The molecule has 7 aliphatic rings. The highest BCUT2D eigenvalue weighted by molar-refractivity contribution is 5.96. The Hall–Kier alpha value is -11.0. The lowest BCUT2D eigenvalue weighted by atomic mass is 10.00. The fourth-order valence-corrected chi connectivity index (χ4v) is 21.5. The molecule has 22 heteroatoms. The summed E-state index contributed by atoms with van der Waals surface area (Å²) in [7, 11) is 8.35. The van der Waals surface area contributed by atoms with E-state index in [9.17, 15) is 18.8 Å². The van der Waals surface area contributed by atoms with Crippen molar-refractivity contribution in [2.24, 2.45) is 0 Å². The van der Waals surface area contributed by atoms with E-state index < -0.39 is 0 Å². The van der Waals surface area contributed by atoms with Gasteiger partial charge in [-0.3, -0.25) is 29.1 Å². The molecule has 19 rings (SSSR count). The number of ether oxygens (including phenoxy) is 3. The molecule has 6 saturated heterocycles. The largest absolute Gasteiger partial charge is 0.497 e. The van der Waals surface area contributed by atoms with Crippen molar-refractivity contribution in [3.8, 4) is 17.2 Å². The Morgan fingerprint density at radius 3 is 0.928 bits per heavy atom. The van der Waals surface area contributed by atoms with Gasteiger partial charge in [-0.15, -0.1) is 0 Å². The zero-order chi connectivity index (χ0) is 95.7. The number of rotatable bonds is 31. The topological polar surface area (TPSA) is 133 Å². The summed E-state index contributed by atoms with van der Waals surface area (Å²) in [5, 5.41) is 4.05. The standard InChI is InChI=1S/C39H49N5O3.C39H51N5O2.C38H48FN5O/c1-29-30(2)44(14-5-13-41-18-16-40(3)17-19-41)36-10-8-33(26-35(29)36)24-32-6-4-7-34(25-32)39(45)43-22-20-42(21-23-43)15-12-31-9-11-37-38(27-31)47-28-46-37;1-30-31(2)44(17-6-16-41-21-19-40(3)20-22-41)38-14-11-34(29-37(30)38)27-33-7-5-8-35(28-33)39(45)43-25-23-42(24-26-43)18-15-32-9-12-36(46-4)13-10-32;1-29-30(2)44(16-5-15-41-20-18-40(3)19-21-41)37-13-10-33(28-36(29)37)26-32-6-4-7-34(27-32)38(45)43-24-22-42(23-25-43)17-14-31-8-11-35(39)12-9-31/h4,6-11,25-27H,5,12-24,28H2,1-3H3;5,7-14,28-29H,6,15-27H2,1-4H3;4,6-13,27-28H,5,14-26H2,1-3H3. The van der Waals surface area contributed by atoms with Crippen molar-refractivity contribution < 1.29 is 33.0 Å². The van der Waals surface area contributed by atoms with Crippen molar-refractivity contribution in [3.63, 3.8) is 0 Å². The maximum Gasteiger partial charge on any atom is 0.253 e. The number of likely N-dealkylation sites (N-methyl/N-ethyl adjacent to an activating group) is 3. The number of aryl methyl sites for hydroxylation is 6. The molecule has 0 radical (unpaired) electrons. The summed E-state index contributed by atoms with van der Waals surface area (Å²) in [6.45, 7) is 47.4. The molecule has 138 heavy (non-hydrogen) atoms. The van der Waals surface area contributed by atoms with Crippen LogP contribution in [0.2, 0.25) is 0 Å². The molecular weight excluding hydrogens is 1720 g/mol. The van der Waals surface area contributed by atoms with Gasteiger partial charge in [-0.25, -0.2) is 4.39 Å². The normalized spacial score (nSPS) is 17.1. The Labute approximate surface area is 819 Å². The van der Waals surface area contributed by atoms with Gasteiger partial charge in [-0.05, 0) is 316 Å². The van der Waals surface area contributed by atoms with Gasteiger partial charge >= 0.3 is 0 Å². The molecule has 7 aliphatic heterocycles. The zero-order valence-electron chi connectivity index (χ0n) is 83.9. The van der Waals surface area contributed by atoms with Crippen molar-refractivity contribution in [3.05, 3.63) is 300 Å². The summed E-state index contributed by atoms with van der Waals surface area (Å²) in [5.74, 6) is 2.76. The van der Waals surface area contributed by atoms with Crippen molar-refractivity contribution in [2.75, 3.05) is 231 Å². The molecule has 0 unspecified atom stereocenters. The van der Waals surface area contributed by atoms with Crippen LogP contribution in [-0.4, -0.2) is 322 Å². The maximum atomic E-state index is 13.5. The minimum atomic E-state index is -0.196. The summed E-state index contributed by atoms with van der Waals surface area (Å²) >= 11 is 0. The number of carbonyl (C=O) groups excluding carboxylic acids is 3. The molecule has 3 aromatic heterocycles. The lowest BCUT2D eigenvalue weighted by Crippen LogP contribution is -2.49. The second kappa shape index (κ2) is 46.8. The number of aromatic nitrogens is 3. The second-order valence-corrected chi connectivity index (χ2v) is 40.1. The first-order chi connectivity index (χ1) is 67.1. The van der Waals surface area contributed by atoms with Gasteiger partial charge in [-0.1, -0.05) is 84.9 Å². The van der Waals surface area contributed by atoms with Crippen molar-refractivity contribution in [1.82, 2.24) is 72.5 Å². The molecule has 6 fully saturated rings. The molecule has 0 spiro atoms. The monoisotopic (exact) mass is 1870 g/mol. The molecule has 0 aliphatic carbocycles. The SMILES string of the molecule is COc1ccc(CCN2CCN(C(=O)c3cccc(Cc4ccc5c(c4)c(C)c(C)n5CCCN4CCN(C)CC4)c3)CC2)cc1.Cc1c(C)n(CCCN2CCN(C)CC2)c2ccc(Cc3cccc(C(=O)N4CCN(CCc5ccc(F)cc5)CC4)c3)cc12.Cc1c(C)n(CCCN2CCN(C)CC2)c2ccc(Cc3cccc(C(=O)N4CCN(CCc5ccc6c(c5)OCO6)CC4)c3)cc12. The molecule has 0 saturated carbocycles. The van der Waals surface area contributed by atoms with E-state index in [0.29, 0.717) is 6.79 Å². The highest BCUT2D eigenvalue weighted by atomic mass is 19.1. The quantitative estimate of drug-likeness (QED) is 0.0408. The molecule has 12 aromatic rings. The summed E-state index contributed by atoms with van der Waals surface area (Å²) in [4.78, 5) is 68.9. The molecule has 730 valence electrons. The minimum Gasteiger partial charge on any atom is -0.497 e. The third-order valence-electron chi connectivity index (χ3n) is 30.9. The Balaban J connectivity index is 0.000000143. The molecule has 21 nitrogen and oxygen atoms in total. The number of piperazine rings is 6. The minimum absolute atomic E-state index is 0.116. The zero-order valence-corrected chi connectivity index (χ0v) is 83.9. The van der Waals surface area contributed by atoms with Gasteiger partial charge in [0, 0.05) is 263 Å². The number of hydrogen-bond acceptors (Lipinski definition) is 15. The number of hydrogen-bond donors (Lipinski definition) is 0. The molecule has 10 heterocycles. The van der Waals surface area contributed by atoms with Crippen molar-refractivity contribution in [2.45, 2.75) is 119 Å². The smallest absolute Gasteiger partial charge is 0.253 e. The van der Waals surface area contributed by atoms with Gasteiger partial charge in [0.05, 0.1) is 7.11 Å². The molecule has 3 amide bonds. The predicted octanol–water partition coefficient (Wildman–Crippen LogP) is 16.3. The predicted molar refractivity (Wildman–Crippen MR) is 558 cm³/mol. The molecular formula is C116H148FN15O6. The molecule has 0 bridgehead atoms. The van der Waals surface area contributed by atoms with E-state index >= 15 is 0 Å². The molecule has 9 aromatic carbocycles. The first kappa shape index (κ1) is 98.6. The Morgan fingerprint density at radius 2 is 0.587 bits per heavy atom. The average Bonchev–Trinajstić information content (AvgIpc) is 1.63. The van der Waals surface area contributed by atoms with Gasteiger partial charge in [0.25, 0.3) is 17.7 Å². The van der Waals surface area contributed by atoms with E-state index in [-0.39, 0.29) is 23.5 Å². The van der Waals surface area contributed by atoms with Crippen LogP contribution in [0.5, 0.6) is 17.2 Å². The lowest BCUT2D eigenvalue weighted by molar-refractivity contribution is 0.0632. The number of halogens is 1. The van der Waals surface area contributed by atoms with Crippen LogP contribution in [0.4, 0.5) is 4.39 Å². The summed E-state index contributed by atoms with van der Waals surface area (Å²) in [6, 6.07) is 66.8. The van der Waals surface area contributed by atoms with Crippen molar-refractivity contribution >= 4 is 50.4 Å². The van der Waals surface area contributed by atoms with Gasteiger partial charge < -0.3 is 72.0 Å². The maximum absolute atomic E-state index is 13.5. The van der Waals surface area contributed by atoms with Crippen LogP contribution >= 0.6 is 0 Å². The number of methoxy groups -OCH3 is 1.